The van der Waals surface area contributed by atoms with E-state index in [2.05, 4.69) is 20.4 Å². The average Bonchev–Trinajstić information content (AvgIpc) is 3.34. The fraction of sp³-hybridized carbons (Fsp3) is 0.478. The molecule has 1 amide bonds. The van der Waals surface area contributed by atoms with Crippen molar-refractivity contribution in [3.05, 3.63) is 52.9 Å². The number of aryl methyl sites for hydroxylation is 1. The summed E-state index contributed by atoms with van der Waals surface area (Å²) in [6, 6.07) is 5.98. The summed E-state index contributed by atoms with van der Waals surface area (Å²) in [4.78, 5) is 27.0. The van der Waals surface area contributed by atoms with Gasteiger partial charge in [0.05, 0.1) is 32.6 Å². The topological polar surface area (TPSA) is 113 Å². The van der Waals surface area contributed by atoms with E-state index >= 15 is 0 Å². The minimum atomic E-state index is -0.466. The molecule has 3 atom stereocenters. The Labute approximate surface area is 196 Å². The molecule has 11 heteroatoms. The Kier molecular flexibility index (Phi) is 7.66. The Morgan fingerprint density at radius 1 is 1.18 bits per heavy atom. The van der Waals surface area contributed by atoms with Gasteiger partial charge in [-0.15, -0.1) is 0 Å². The molecule has 182 valence electrons. The molecule has 0 spiro atoms. The number of amides is 1. The van der Waals surface area contributed by atoms with Crippen molar-refractivity contribution in [3.63, 3.8) is 0 Å². The van der Waals surface area contributed by atoms with Gasteiger partial charge in [0, 0.05) is 20.1 Å². The van der Waals surface area contributed by atoms with Crippen molar-refractivity contribution >= 4 is 11.6 Å². The minimum Gasteiger partial charge on any atom is -0.494 e. The highest BCUT2D eigenvalue weighted by Gasteiger charge is 2.35. The van der Waals surface area contributed by atoms with E-state index in [4.69, 9.17) is 23.8 Å². The first-order valence-electron chi connectivity index (χ1n) is 10.9. The van der Waals surface area contributed by atoms with Gasteiger partial charge in [-0.1, -0.05) is 11.2 Å². The normalized spacial score (nSPS) is 22.1. The van der Waals surface area contributed by atoms with E-state index in [1.807, 2.05) is 0 Å². The van der Waals surface area contributed by atoms with Gasteiger partial charge < -0.3 is 29.1 Å². The lowest BCUT2D eigenvalue weighted by Crippen LogP contribution is -2.44. The van der Waals surface area contributed by atoms with Gasteiger partial charge in [-0.3, -0.25) is 4.79 Å². The number of ether oxygens (including phenoxy) is 4. The van der Waals surface area contributed by atoms with Gasteiger partial charge in [-0.2, -0.15) is 0 Å². The molecule has 1 aromatic carbocycles. The monoisotopic (exact) mass is 474 g/mol. The lowest BCUT2D eigenvalue weighted by molar-refractivity contribution is -0.181. The lowest BCUT2D eigenvalue weighted by atomic mass is 10.0. The summed E-state index contributed by atoms with van der Waals surface area (Å²) in [5.74, 6) is -0.315. The van der Waals surface area contributed by atoms with E-state index in [1.54, 1.807) is 26.2 Å². The number of benzene rings is 1. The van der Waals surface area contributed by atoms with Crippen LogP contribution in [-0.4, -0.2) is 73.9 Å². The van der Waals surface area contributed by atoms with Crippen molar-refractivity contribution in [2.45, 2.75) is 38.2 Å². The molecule has 0 bridgehead atoms. The summed E-state index contributed by atoms with van der Waals surface area (Å²) in [7, 11) is 3.01. The molecule has 34 heavy (non-hydrogen) atoms. The highest BCUT2D eigenvalue weighted by molar-refractivity contribution is 6.02. The molecule has 2 aliphatic heterocycles. The Morgan fingerprint density at radius 2 is 2.03 bits per heavy atom. The first-order valence-corrected chi connectivity index (χ1v) is 10.9. The van der Waals surface area contributed by atoms with Crippen LogP contribution in [-0.2, 0) is 25.6 Å². The molecular weight excluding hydrogens is 447 g/mol. The first kappa shape index (κ1) is 24.0. The van der Waals surface area contributed by atoms with E-state index in [1.165, 1.54) is 19.2 Å². The van der Waals surface area contributed by atoms with Gasteiger partial charge in [0.2, 0.25) is 0 Å². The number of halogens is 1. The zero-order valence-electron chi connectivity index (χ0n) is 19.2. The van der Waals surface area contributed by atoms with Crippen LogP contribution in [0.3, 0.4) is 0 Å². The van der Waals surface area contributed by atoms with E-state index in [0.717, 1.165) is 0 Å². The second-order valence-corrected chi connectivity index (χ2v) is 8.01. The molecule has 1 N–H and O–H groups in total. The molecule has 1 fully saturated rings. The molecule has 0 saturated carbocycles. The fourth-order valence-electron chi connectivity index (χ4n) is 3.72. The van der Waals surface area contributed by atoms with Crippen LogP contribution < -0.4 is 10.1 Å². The minimum absolute atomic E-state index is 0.0929. The predicted octanol–water partition coefficient (Wildman–Crippen LogP) is 1.79. The number of nitrogens with one attached hydrogen (secondary N) is 1. The SMILES string of the molecule is COCC1COC([C@@H]2CC(c3cc(C(=O)NCc4ccc(F)c(OC)c4)nc(C)n3)=NO2)CO1. The number of hydrogen-bond donors (Lipinski definition) is 1. The third-order valence-corrected chi connectivity index (χ3v) is 5.49. The molecule has 0 aliphatic carbocycles. The molecule has 2 aromatic rings. The van der Waals surface area contributed by atoms with Crippen LogP contribution in [0, 0.1) is 12.7 Å². The number of carbonyl (C=O) groups excluding carboxylic acids is 1. The molecule has 3 heterocycles. The van der Waals surface area contributed by atoms with E-state index < -0.39 is 5.82 Å². The van der Waals surface area contributed by atoms with Crippen LogP contribution in [0.2, 0.25) is 0 Å². The van der Waals surface area contributed by atoms with E-state index in [0.29, 0.717) is 49.0 Å². The quantitative estimate of drug-likeness (QED) is 0.616. The summed E-state index contributed by atoms with van der Waals surface area (Å²) in [5, 5.41) is 6.95. The van der Waals surface area contributed by atoms with Crippen molar-refractivity contribution in [1.82, 2.24) is 15.3 Å². The smallest absolute Gasteiger partial charge is 0.270 e. The third-order valence-electron chi connectivity index (χ3n) is 5.49. The highest BCUT2D eigenvalue weighted by Crippen LogP contribution is 2.23. The van der Waals surface area contributed by atoms with Crippen LogP contribution in [0.25, 0.3) is 0 Å². The van der Waals surface area contributed by atoms with Crippen LogP contribution in [0.15, 0.2) is 29.4 Å². The molecule has 2 aliphatic rings. The number of carbonyl (C=O) groups is 1. The van der Waals surface area contributed by atoms with E-state index in [-0.39, 0.29) is 42.2 Å². The predicted molar refractivity (Wildman–Crippen MR) is 118 cm³/mol. The van der Waals surface area contributed by atoms with Crippen molar-refractivity contribution < 1.29 is 33.0 Å². The number of aromatic nitrogens is 2. The highest BCUT2D eigenvalue weighted by atomic mass is 19.1. The van der Waals surface area contributed by atoms with Crippen LogP contribution in [0.5, 0.6) is 5.75 Å². The second-order valence-electron chi connectivity index (χ2n) is 8.01. The molecular formula is C23H27FN4O6. The van der Waals surface area contributed by atoms with Gasteiger partial charge >= 0.3 is 0 Å². The number of hydrogen-bond acceptors (Lipinski definition) is 9. The number of nitrogens with zero attached hydrogens (tertiary/aromatic N) is 3. The summed E-state index contributed by atoms with van der Waals surface area (Å²) in [5.41, 5.74) is 2.01. The fourth-order valence-corrected chi connectivity index (χ4v) is 3.72. The first-order chi connectivity index (χ1) is 16.5. The summed E-state index contributed by atoms with van der Waals surface area (Å²) < 4.78 is 35.3. The van der Waals surface area contributed by atoms with Crippen LogP contribution >= 0.6 is 0 Å². The zero-order chi connectivity index (χ0) is 24.1. The molecule has 2 unspecified atom stereocenters. The van der Waals surface area contributed by atoms with Crippen molar-refractivity contribution in [2.75, 3.05) is 34.0 Å². The maximum absolute atomic E-state index is 13.6. The third kappa shape index (κ3) is 5.66. The number of methoxy groups -OCH3 is 2. The molecule has 0 radical (unpaired) electrons. The van der Waals surface area contributed by atoms with Gasteiger partial charge in [-0.05, 0) is 30.7 Å². The Balaban J connectivity index is 1.37. The number of rotatable bonds is 8. The van der Waals surface area contributed by atoms with Crippen molar-refractivity contribution in [1.29, 1.82) is 0 Å². The standard InChI is InChI=1S/C23H27FN4O6/c1-13-26-17(18-8-21(34-28-18)22-12-32-15(10-30-2)11-33-22)7-19(27-13)23(29)25-9-14-4-5-16(24)20(6-14)31-3/h4-7,15,21-22H,8-12H2,1-3H3,(H,25,29)/t15?,21-,22?/m0/s1. The number of oxime groups is 1. The van der Waals surface area contributed by atoms with Crippen molar-refractivity contribution in [2.24, 2.45) is 5.16 Å². The van der Waals surface area contributed by atoms with Crippen LogP contribution in [0.4, 0.5) is 4.39 Å². The summed E-state index contributed by atoms with van der Waals surface area (Å²) in [6.45, 7) is 3.16. The Bertz CT molecular complexity index is 1060. The maximum atomic E-state index is 13.6. The molecule has 1 saturated heterocycles. The van der Waals surface area contributed by atoms with Gasteiger partial charge in [0.25, 0.3) is 5.91 Å². The second kappa shape index (κ2) is 10.9. The van der Waals surface area contributed by atoms with Gasteiger partial charge in [-0.25, -0.2) is 14.4 Å². The Morgan fingerprint density at radius 3 is 2.76 bits per heavy atom. The molecule has 4 rings (SSSR count). The average molecular weight is 474 g/mol. The maximum Gasteiger partial charge on any atom is 0.270 e. The van der Waals surface area contributed by atoms with Crippen molar-refractivity contribution in [3.8, 4) is 5.75 Å². The van der Waals surface area contributed by atoms with Gasteiger partial charge in [0.15, 0.2) is 17.7 Å². The van der Waals surface area contributed by atoms with Crippen LogP contribution in [0.1, 0.15) is 34.0 Å². The Hall–Kier alpha value is -3.15. The lowest BCUT2D eigenvalue weighted by Gasteiger charge is -2.31. The summed E-state index contributed by atoms with van der Waals surface area (Å²) >= 11 is 0. The zero-order valence-corrected chi connectivity index (χ0v) is 19.2. The molecule has 10 nitrogen and oxygen atoms in total. The summed E-state index contributed by atoms with van der Waals surface area (Å²) in [6.07, 6.45) is -0.188. The van der Waals surface area contributed by atoms with Gasteiger partial charge in [0.1, 0.15) is 29.4 Å². The molecule has 1 aromatic heterocycles. The van der Waals surface area contributed by atoms with E-state index in [9.17, 15) is 9.18 Å². The largest absolute Gasteiger partial charge is 0.494 e.